The average molecular weight is 124 g/mol. The minimum absolute atomic E-state index is 0. The van der Waals surface area contributed by atoms with Gasteiger partial charge in [0.1, 0.15) is 0 Å². The zero-order valence-corrected chi connectivity index (χ0v) is 5.64. The molecular formula is H5NaO6. The van der Waals surface area contributed by atoms with Crippen molar-refractivity contribution >= 4 is 0 Å². The summed E-state index contributed by atoms with van der Waals surface area (Å²) < 4.78 is 0. The Morgan fingerprint density at radius 1 is 0.714 bits per heavy atom. The van der Waals surface area contributed by atoms with E-state index in [1.54, 1.807) is 0 Å². The molecule has 0 aromatic rings. The van der Waals surface area contributed by atoms with Gasteiger partial charge in [-0.3, -0.25) is 10.5 Å². The van der Waals surface area contributed by atoms with Gasteiger partial charge in [0, 0.05) is 0 Å². The van der Waals surface area contributed by atoms with Crippen LogP contribution in [0.3, 0.4) is 0 Å². The molecule has 7 heteroatoms. The Balaban J connectivity index is -0.000000000500. The van der Waals surface area contributed by atoms with Gasteiger partial charge in [-0.25, -0.2) is 0 Å². The Labute approximate surface area is 62.2 Å². The van der Waals surface area contributed by atoms with Crippen LogP contribution in [0.1, 0.15) is 0 Å². The summed E-state index contributed by atoms with van der Waals surface area (Å²) in [6.45, 7) is 0. The van der Waals surface area contributed by atoms with Crippen LogP contribution in [0.4, 0.5) is 0 Å². The van der Waals surface area contributed by atoms with Crippen molar-refractivity contribution in [3.05, 3.63) is 0 Å². The first-order valence-corrected chi connectivity index (χ1v) is 0.200. The smallest absolute Gasteiger partial charge is 0.870 e. The molecule has 0 aromatic carbocycles. The van der Waals surface area contributed by atoms with Crippen LogP contribution in [0.25, 0.3) is 0 Å². The molecular weight excluding hydrogens is 119 g/mol. The molecule has 0 saturated heterocycles. The quantitative estimate of drug-likeness (QED) is 0.193. The first kappa shape index (κ1) is 114. The van der Waals surface area contributed by atoms with Crippen LogP contribution in [0.2, 0.25) is 0 Å². The fraction of sp³-hybridized carbons (Fsp3) is 0. The summed E-state index contributed by atoms with van der Waals surface area (Å²) in [6.07, 6.45) is 0. The summed E-state index contributed by atoms with van der Waals surface area (Å²) in [4.78, 5) is 0. The van der Waals surface area contributed by atoms with Crippen molar-refractivity contribution in [2.24, 2.45) is 0 Å². The summed E-state index contributed by atoms with van der Waals surface area (Å²) in [7, 11) is 0. The zero-order valence-electron chi connectivity index (χ0n) is 3.64. The molecule has 6 nitrogen and oxygen atoms in total. The molecule has 7 heavy (non-hydrogen) atoms. The van der Waals surface area contributed by atoms with Gasteiger partial charge in [-0.2, -0.15) is 0 Å². The van der Waals surface area contributed by atoms with Crippen LogP contribution < -0.4 is 29.6 Å². The van der Waals surface area contributed by atoms with Gasteiger partial charge in [0.25, 0.3) is 0 Å². The fourth-order valence-corrected chi connectivity index (χ4v) is 0. The topological polar surface area (TPSA) is 159 Å². The van der Waals surface area contributed by atoms with Crippen LogP contribution in [0, 0.1) is 0 Å². The van der Waals surface area contributed by atoms with E-state index >= 15 is 0 Å². The van der Waals surface area contributed by atoms with Gasteiger partial charge in [-0.15, -0.1) is 0 Å². The van der Waals surface area contributed by atoms with Gasteiger partial charge in [0.05, 0.1) is 0 Å². The summed E-state index contributed by atoms with van der Waals surface area (Å²) in [5.41, 5.74) is 0. The molecule has 0 heterocycles. The molecule has 0 amide bonds. The van der Waals surface area contributed by atoms with Crippen molar-refractivity contribution in [2.75, 3.05) is 0 Å². The van der Waals surface area contributed by atoms with Crippen LogP contribution >= 0.6 is 0 Å². The van der Waals surface area contributed by atoms with Gasteiger partial charge >= 0.3 is 35.0 Å². The first-order chi connectivity index (χ1) is 1.00. The molecule has 0 fully saturated rings. The third-order valence-corrected chi connectivity index (χ3v) is 0. The van der Waals surface area contributed by atoms with Crippen molar-refractivity contribution in [1.29, 1.82) is 0 Å². The SMILES string of the molecule is OO.[Na+].[O+2].[OH-].[OH-].[OH-]. The summed E-state index contributed by atoms with van der Waals surface area (Å²) in [6, 6.07) is 0. The Morgan fingerprint density at radius 2 is 0.714 bits per heavy atom. The molecule has 4 radical (unpaired) electrons. The van der Waals surface area contributed by atoms with E-state index in [1.807, 2.05) is 0 Å². The molecule has 0 spiro atoms. The molecule has 0 aliphatic rings. The van der Waals surface area contributed by atoms with E-state index in [2.05, 4.69) is 0 Å². The van der Waals surface area contributed by atoms with E-state index in [-0.39, 0.29) is 51.5 Å². The van der Waals surface area contributed by atoms with E-state index in [4.69, 9.17) is 10.5 Å². The first-order valence-electron chi connectivity index (χ1n) is 0.200. The maximum Gasteiger partial charge on any atom is 2.00 e. The molecule has 0 unspecified atom stereocenters. The fourth-order valence-electron chi connectivity index (χ4n) is 0. The molecule has 0 aliphatic heterocycles. The number of hydrogen-bond donors (Lipinski definition) is 2. The largest absolute Gasteiger partial charge is 2.00 e. The van der Waals surface area contributed by atoms with E-state index < -0.39 is 0 Å². The van der Waals surface area contributed by atoms with Crippen molar-refractivity contribution < 1.29 is 62.0 Å². The van der Waals surface area contributed by atoms with Crippen molar-refractivity contribution in [3.63, 3.8) is 0 Å². The predicted octanol–water partition coefficient (Wildman–Crippen LogP) is -3.63. The summed E-state index contributed by atoms with van der Waals surface area (Å²) in [5, 5.41) is 12.0. The third kappa shape index (κ3) is 265. The standard InChI is InChI=1S/Na.H2O2.3H2O.O/c;1-2;;;;/h;1-2H;3*1H2;/q+1;;;;;+2/p-3. The minimum Gasteiger partial charge on any atom is -0.870 e. The van der Waals surface area contributed by atoms with Crippen LogP contribution in [-0.2, 0) is 5.48 Å². The van der Waals surface area contributed by atoms with E-state index in [0.717, 1.165) is 0 Å². The molecule has 42 valence electrons. The average Bonchev–Trinajstić information content (AvgIpc) is 1.00. The predicted molar refractivity (Wildman–Crippen MR) is 11.8 cm³/mol. The van der Waals surface area contributed by atoms with E-state index in [0.29, 0.717) is 0 Å². The number of rotatable bonds is 0. The normalized spacial score (nSPS) is 0.857. The Kier molecular flexibility index (Phi) is 6350. The van der Waals surface area contributed by atoms with E-state index in [1.165, 1.54) is 0 Å². The van der Waals surface area contributed by atoms with Crippen molar-refractivity contribution in [3.8, 4) is 0 Å². The van der Waals surface area contributed by atoms with Gasteiger partial charge in [-0.05, 0) is 0 Å². The molecule has 0 atom stereocenters. The van der Waals surface area contributed by atoms with Crippen LogP contribution in [-0.4, -0.2) is 26.9 Å². The van der Waals surface area contributed by atoms with E-state index in [9.17, 15) is 0 Å². The molecule has 0 saturated carbocycles. The van der Waals surface area contributed by atoms with Crippen molar-refractivity contribution in [2.45, 2.75) is 0 Å². The molecule has 0 bridgehead atoms. The summed E-state index contributed by atoms with van der Waals surface area (Å²) in [5.74, 6) is 0. The molecule has 0 rings (SSSR count). The zero-order chi connectivity index (χ0) is 2.00. The van der Waals surface area contributed by atoms with Gasteiger partial charge in [0.15, 0.2) is 0 Å². The molecule has 0 aliphatic carbocycles. The molecule has 5 N–H and O–H groups in total. The Morgan fingerprint density at radius 3 is 0.714 bits per heavy atom. The second-order valence-electron chi connectivity index (χ2n) is 0. The van der Waals surface area contributed by atoms with Crippen molar-refractivity contribution in [1.82, 2.24) is 0 Å². The van der Waals surface area contributed by atoms with Gasteiger partial charge in [-0.1, -0.05) is 0 Å². The monoisotopic (exact) mass is 124 g/mol. The molecule has 0 aromatic heterocycles. The number of hydrogen-bond acceptors (Lipinski definition) is 5. The maximum atomic E-state index is 6.00. The summed E-state index contributed by atoms with van der Waals surface area (Å²) >= 11 is 0. The third-order valence-electron chi connectivity index (χ3n) is 0. The second kappa shape index (κ2) is 388. The van der Waals surface area contributed by atoms with Crippen LogP contribution in [0.5, 0.6) is 0 Å². The Bertz CT molecular complexity index is 4.14. The maximum absolute atomic E-state index is 6.00. The second-order valence-corrected chi connectivity index (χ2v) is 0. The van der Waals surface area contributed by atoms with Gasteiger partial charge < -0.3 is 16.4 Å². The minimum atomic E-state index is 0. The van der Waals surface area contributed by atoms with Crippen LogP contribution in [0.15, 0.2) is 0 Å². The van der Waals surface area contributed by atoms with Gasteiger partial charge in [0.2, 0.25) is 0 Å². The Hall–Kier alpha value is 0.760.